The Balaban J connectivity index is 1.08. The molecule has 10 heteroatoms. The normalized spacial score (nSPS) is 23.5. The predicted molar refractivity (Wildman–Crippen MR) is 186 cm³/mol. The van der Waals surface area contributed by atoms with Crippen molar-refractivity contribution in [1.82, 2.24) is 30.1 Å². The number of nitrogens with zero attached hydrogens (tertiary/aromatic N) is 5. The zero-order valence-corrected chi connectivity index (χ0v) is 28.3. The third-order valence-electron chi connectivity index (χ3n) is 10.4. The predicted octanol–water partition coefficient (Wildman–Crippen LogP) is 6.15. The van der Waals surface area contributed by atoms with Crippen LogP contribution in [-0.4, -0.2) is 65.3 Å². The molecule has 2 saturated heterocycles. The molecular weight excluding hydrogens is 588 g/mol. The van der Waals surface area contributed by atoms with Gasteiger partial charge in [-0.1, -0.05) is 45.0 Å². The van der Waals surface area contributed by atoms with Crippen LogP contribution in [-0.2, 0) is 11.0 Å². The molecule has 2 aliphatic heterocycles. The number of piperazine rings is 1. The number of urea groups is 1. The van der Waals surface area contributed by atoms with Crippen LogP contribution in [0.4, 0.5) is 16.2 Å². The van der Waals surface area contributed by atoms with E-state index in [0.717, 1.165) is 98.1 Å². The SMILES string of the molecule is CN1CCCC1(C)c1nnc2ccc(O[C@@H]3CC[C@H](NC(=O)Nc4cc(N5CCNCC5)cc(C(C)(C)C)c4)c4ccccc43)cn12. The lowest BCUT2D eigenvalue weighted by Gasteiger charge is -2.33. The number of fused-ring (bicyclic) bond motifs is 2. The fraction of sp³-hybridized carbons (Fsp3) is 0.486. The molecule has 4 aromatic rings. The molecule has 4 heterocycles. The average molecular weight is 637 g/mol. The number of rotatable bonds is 6. The Bertz CT molecular complexity index is 1760. The molecule has 47 heavy (non-hydrogen) atoms. The van der Waals surface area contributed by atoms with Gasteiger partial charge in [0.05, 0.1) is 17.8 Å². The first-order valence-corrected chi connectivity index (χ1v) is 17.1. The van der Waals surface area contributed by atoms with Crippen molar-refractivity contribution in [3.63, 3.8) is 0 Å². The molecule has 2 aromatic carbocycles. The summed E-state index contributed by atoms with van der Waals surface area (Å²) >= 11 is 0. The maximum Gasteiger partial charge on any atom is 0.319 e. The van der Waals surface area contributed by atoms with E-state index in [4.69, 9.17) is 4.74 Å². The van der Waals surface area contributed by atoms with Crippen molar-refractivity contribution < 1.29 is 9.53 Å². The van der Waals surface area contributed by atoms with E-state index in [1.165, 1.54) is 5.56 Å². The highest BCUT2D eigenvalue weighted by atomic mass is 16.5. The lowest BCUT2D eigenvalue weighted by molar-refractivity contribution is 0.170. The topological polar surface area (TPSA) is 99.1 Å². The number of anilines is 2. The molecule has 10 nitrogen and oxygen atoms in total. The summed E-state index contributed by atoms with van der Waals surface area (Å²) in [4.78, 5) is 18.3. The molecule has 1 unspecified atom stereocenters. The first-order valence-electron chi connectivity index (χ1n) is 17.1. The number of pyridine rings is 1. The van der Waals surface area contributed by atoms with E-state index in [2.05, 4.69) is 105 Å². The lowest BCUT2D eigenvalue weighted by atomic mass is 9.85. The van der Waals surface area contributed by atoms with E-state index in [-0.39, 0.29) is 29.1 Å². The standard InChI is InChI=1S/C37H48N8O2/c1-36(2,3)25-21-26(23-27(22-25)44-19-16-38-17-20-44)39-35(46)40-31-12-13-32(30-10-7-6-9-29(30)31)47-28-11-14-33-41-42-34(45(33)24-28)37(4)15-8-18-43(37)5/h6-7,9-11,14,21-24,31-32,38H,8,12-13,15-20H2,1-5H3,(H2,39,40,46)/t31-,32+,37?/m0/s1. The van der Waals surface area contributed by atoms with Gasteiger partial charge in [0.15, 0.2) is 11.5 Å². The van der Waals surface area contributed by atoms with E-state index < -0.39 is 0 Å². The molecule has 2 aromatic heterocycles. The number of likely N-dealkylation sites (tertiary alicyclic amines) is 1. The van der Waals surface area contributed by atoms with Crippen LogP contribution >= 0.6 is 0 Å². The minimum Gasteiger partial charge on any atom is -0.484 e. The maximum atomic E-state index is 13.5. The lowest BCUT2D eigenvalue weighted by Crippen LogP contribution is -2.43. The van der Waals surface area contributed by atoms with E-state index in [9.17, 15) is 4.79 Å². The first kappa shape index (κ1) is 31.4. The minimum absolute atomic E-state index is 0.0421. The fourth-order valence-corrected chi connectivity index (χ4v) is 7.42. The van der Waals surface area contributed by atoms with Crippen LogP contribution in [0.3, 0.4) is 0 Å². The minimum atomic E-state index is -0.197. The van der Waals surface area contributed by atoms with Gasteiger partial charge in [0.25, 0.3) is 0 Å². The Morgan fingerprint density at radius 1 is 1.00 bits per heavy atom. The summed E-state index contributed by atoms with van der Waals surface area (Å²) in [6.07, 6.45) is 5.65. The highest BCUT2D eigenvalue weighted by Gasteiger charge is 2.40. The van der Waals surface area contributed by atoms with Crippen molar-refractivity contribution in [2.75, 3.05) is 50.0 Å². The van der Waals surface area contributed by atoms with Crippen LogP contribution < -0.4 is 25.6 Å². The van der Waals surface area contributed by atoms with Crippen molar-refractivity contribution in [2.45, 2.75) is 76.5 Å². The van der Waals surface area contributed by atoms with Crippen LogP contribution in [0.5, 0.6) is 5.75 Å². The average Bonchev–Trinajstić information content (AvgIpc) is 3.64. The van der Waals surface area contributed by atoms with Crippen LogP contribution in [0, 0.1) is 0 Å². The monoisotopic (exact) mass is 636 g/mol. The molecular formula is C37H48N8O2. The molecule has 3 N–H and O–H groups in total. The molecule has 3 aliphatic rings. The number of aromatic nitrogens is 3. The highest BCUT2D eigenvalue weighted by molar-refractivity contribution is 5.90. The number of nitrogens with one attached hydrogen (secondary N) is 3. The summed E-state index contributed by atoms with van der Waals surface area (Å²) in [5.41, 5.74) is 5.99. The van der Waals surface area contributed by atoms with Crippen molar-refractivity contribution in [2.24, 2.45) is 0 Å². The van der Waals surface area contributed by atoms with Gasteiger partial charge in [-0.3, -0.25) is 9.30 Å². The van der Waals surface area contributed by atoms with Crippen LogP contribution in [0.25, 0.3) is 5.65 Å². The van der Waals surface area contributed by atoms with Gasteiger partial charge in [0.2, 0.25) is 0 Å². The number of carbonyl (C=O) groups excluding carboxylic acids is 1. The summed E-state index contributed by atoms with van der Waals surface area (Å²) in [6, 6.07) is 18.4. The summed E-state index contributed by atoms with van der Waals surface area (Å²) in [6.45, 7) is 13.8. The number of ether oxygens (including phenoxy) is 1. The molecule has 0 saturated carbocycles. The van der Waals surface area contributed by atoms with Crippen molar-refractivity contribution in [1.29, 1.82) is 0 Å². The van der Waals surface area contributed by atoms with Crippen molar-refractivity contribution in [3.05, 3.63) is 83.3 Å². The largest absolute Gasteiger partial charge is 0.484 e. The molecule has 1 aliphatic carbocycles. The zero-order valence-electron chi connectivity index (χ0n) is 28.3. The van der Waals surface area contributed by atoms with Crippen LogP contribution in [0.2, 0.25) is 0 Å². The molecule has 0 spiro atoms. The molecule has 3 atom stereocenters. The van der Waals surface area contributed by atoms with E-state index in [1.54, 1.807) is 0 Å². The van der Waals surface area contributed by atoms with E-state index >= 15 is 0 Å². The molecule has 7 rings (SSSR count). The quantitative estimate of drug-likeness (QED) is 0.233. The number of amides is 2. The molecule has 248 valence electrons. The highest BCUT2D eigenvalue weighted by Crippen LogP contribution is 2.40. The Labute approximate surface area is 277 Å². The van der Waals surface area contributed by atoms with Gasteiger partial charge in [-0.2, -0.15) is 0 Å². The van der Waals surface area contributed by atoms with Crippen LogP contribution in [0.15, 0.2) is 60.8 Å². The summed E-state index contributed by atoms with van der Waals surface area (Å²) in [5.74, 6) is 1.73. The number of hydrogen-bond acceptors (Lipinski definition) is 7. The second-order valence-electron chi connectivity index (χ2n) is 14.6. The fourth-order valence-electron chi connectivity index (χ4n) is 7.42. The number of hydrogen-bond donors (Lipinski definition) is 3. The second kappa shape index (κ2) is 12.5. The third kappa shape index (κ3) is 6.28. The zero-order chi connectivity index (χ0) is 32.8. The summed E-state index contributed by atoms with van der Waals surface area (Å²) in [7, 11) is 2.16. The summed E-state index contributed by atoms with van der Waals surface area (Å²) < 4.78 is 8.76. The van der Waals surface area contributed by atoms with Crippen molar-refractivity contribution >= 4 is 23.1 Å². The first-order chi connectivity index (χ1) is 22.6. The molecule has 2 amide bonds. The summed E-state index contributed by atoms with van der Waals surface area (Å²) in [5, 5.41) is 18.9. The van der Waals surface area contributed by atoms with Gasteiger partial charge >= 0.3 is 6.03 Å². The molecule has 2 fully saturated rings. The Kier molecular flexibility index (Phi) is 8.34. The van der Waals surface area contributed by atoms with Gasteiger partial charge in [-0.15, -0.1) is 10.2 Å². The van der Waals surface area contributed by atoms with Gasteiger partial charge < -0.3 is 25.6 Å². The smallest absolute Gasteiger partial charge is 0.319 e. The molecule has 0 radical (unpaired) electrons. The van der Waals surface area contributed by atoms with Gasteiger partial charge in [0, 0.05) is 37.6 Å². The maximum absolute atomic E-state index is 13.5. The van der Waals surface area contributed by atoms with E-state index in [1.807, 2.05) is 30.5 Å². The van der Waals surface area contributed by atoms with Gasteiger partial charge in [0.1, 0.15) is 11.9 Å². The van der Waals surface area contributed by atoms with Crippen LogP contribution in [0.1, 0.15) is 88.0 Å². The van der Waals surface area contributed by atoms with E-state index in [0.29, 0.717) is 0 Å². The Morgan fingerprint density at radius 2 is 1.79 bits per heavy atom. The number of carbonyl (C=O) groups is 1. The molecule has 0 bridgehead atoms. The Hall–Kier alpha value is -4.15. The van der Waals surface area contributed by atoms with Gasteiger partial charge in [-0.05, 0) is 98.6 Å². The van der Waals surface area contributed by atoms with Gasteiger partial charge in [-0.25, -0.2) is 4.79 Å². The Morgan fingerprint density at radius 3 is 2.53 bits per heavy atom. The number of benzene rings is 2. The second-order valence-corrected chi connectivity index (χ2v) is 14.6. The third-order valence-corrected chi connectivity index (χ3v) is 10.4. The van der Waals surface area contributed by atoms with Crippen molar-refractivity contribution in [3.8, 4) is 5.75 Å².